The molecule has 94 valence electrons. The number of rotatable bonds is 3. The summed E-state index contributed by atoms with van der Waals surface area (Å²) in [5.74, 6) is 0.136. The molecule has 2 aromatic rings. The summed E-state index contributed by atoms with van der Waals surface area (Å²) in [4.78, 5) is 0. The summed E-state index contributed by atoms with van der Waals surface area (Å²) < 4.78 is 19.9. The Labute approximate surface area is 124 Å². The second-order valence-corrected chi connectivity index (χ2v) is 5.37. The van der Waals surface area contributed by atoms with Crippen LogP contribution in [0.1, 0.15) is 16.5 Å². The Morgan fingerprint density at radius 3 is 2.50 bits per heavy atom. The number of hydrogen-bond acceptors (Lipinski definition) is 1. The molecule has 2 rings (SSSR count). The van der Waals surface area contributed by atoms with E-state index in [-0.39, 0.29) is 5.82 Å². The summed E-state index contributed by atoms with van der Waals surface area (Å²) in [5, 5.41) is -0.496. The molecule has 1 unspecified atom stereocenters. The fraction of sp³-hybridized carbons (Fsp3) is 0.143. The first-order valence-corrected chi connectivity index (χ1v) is 6.87. The van der Waals surface area contributed by atoms with E-state index in [9.17, 15) is 4.39 Å². The van der Waals surface area contributed by atoms with E-state index in [2.05, 4.69) is 22.6 Å². The summed E-state index contributed by atoms with van der Waals surface area (Å²) in [6.45, 7) is 0. The number of benzene rings is 2. The number of alkyl halides is 1. The van der Waals surface area contributed by atoms with Gasteiger partial charge in [0.25, 0.3) is 0 Å². The smallest absolute Gasteiger partial charge is 0.131 e. The largest absolute Gasteiger partial charge is 0.497 e. The van der Waals surface area contributed by atoms with Gasteiger partial charge in [-0.25, -0.2) is 4.39 Å². The molecule has 1 atom stereocenters. The van der Waals surface area contributed by atoms with Crippen LogP contribution in [0.15, 0.2) is 42.5 Å². The van der Waals surface area contributed by atoms with Gasteiger partial charge in [0, 0.05) is 15.2 Å². The predicted octanol–water partition coefficient (Wildman–Crippen LogP) is 4.77. The van der Waals surface area contributed by atoms with Crippen LogP contribution in [0.2, 0.25) is 0 Å². The van der Waals surface area contributed by atoms with Gasteiger partial charge in [-0.1, -0.05) is 24.3 Å². The zero-order valence-electron chi connectivity index (χ0n) is 9.66. The molecule has 0 aliphatic carbocycles. The Kier molecular flexibility index (Phi) is 4.45. The Morgan fingerprint density at radius 1 is 1.17 bits per heavy atom. The molecule has 0 bridgehead atoms. The molecule has 0 heterocycles. The number of halogens is 3. The summed E-state index contributed by atoms with van der Waals surface area (Å²) in [6, 6.07) is 12.4. The molecule has 0 aliphatic rings. The van der Waals surface area contributed by atoms with E-state index in [1.807, 2.05) is 24.3 Å². The van der Waals surface area contributed by atoms with Crippen molar-refractivity contribution in [2.75, 3.05) is 7.11 Å². The van der Waals surface area contributed by atoms with Gasteiger partial charge < -0.3 is 4.74 Å². The molecule has 0 N–H and O–H groups in total. The first kappa shape index (κ1) is 13.6. The third-order valence-corrected chi connectivity index (χ3v) is 4.11. The Hall–Kier alpha value is -0.810. The third kappa shape index (κ3) is 2.78. The van der Waals surface area contributed by atoms with Crippen molar-refractivity contribution in [2.24, 2.45) is 0 Å². The Balaban J connectivity index is 2.40. The average molecular weight is 377 g/mol. The maximum atomic E-state index is 13.9. The number of ether oxygens (including phenoxy) is 1. The maximum absolute atomic E-state index is 13.9. The zero-order valence-corrected chi connectivity index (χ0v) is 12.6. The molecule has 4 heteroatoms. The zero-order chi connectivity index (χ0) is 13.1. The van der Waals surface area contributed by atoms with E-state index in [0.29, 0.717) is 11.3 Å². The number of methoxy groups -OCH3 is 1. The Bertz CT molecular complexity index is 559. The molecule has 1 nitrogen and oxygen atoms in total. The molecule has 0 saturated heterocycles. The molecular formula is C14H11ClFIO. The molecule has 0 fully saturated rings. The highest BCUT2D eigenvalue weighted by atomic mass is 127. The van der Waals surface area contributed by atoms with E-state index in [1.165, 1.54) is 13.2 Å². The lowest BCUT2D eigenvalue weighted by atomic mass is 10.0. The van der Waals surface area contributed by atoms with E-state index in [0.717, 1.165) is 9.13 Å². The standard InChI is InChI=1S/C14H11ClFIO/c1-18-9-6-7-10(12(16)8-9)14(15)11-4-2-3-5-13(11)17/h2-8,14H,1H3. The van der Waals surface area contributed by atoms with Crippen molar-refractivity contribution in [1.82, 2.24) is 0 Å². The molecule has 0 spiro atoms. The van der Waals surface area contributed by atoms with Crippen LogP contribution in [0.25, 0.3) is 0 Å². The van der Waals surface area contributed by atoms with Crippen molar-refractivity contribution in [3.05, 3.63) is 63.0 Å². The molecule has 0 radical (unpaired) electrons. The lowest BCUT2D eigenvalue weighted by Gasteiger charge is -2.13. The van der Waals surface area contributed by atoms with Crippen LogP contribution in [-0.2, 0) is 0 Å². The molecule has 18 heavy (non-hydrogen) atoms. The van der Waals surface area contributed by atoms with E-state index < -0.39 is 5.38 Å². The van der Waals surface area contributed by atoms with Crippen LogP contribution >= 0.6 is 34.2 Å². The summed E-state index contributed by atoms with van der Waals surface area (Å²) in [7, 11) is 1.51. The van der Waals surface area contributed by atoms with Crippen molar-refractivity contribution < 1.29 is 9.13 Å². The van der Waals surface area contributed by atoms with Crippen LogP contribution < -0.4 is 4.74 Å². The summed E-state index contributed by atoms with van der Waals surface area (Å²) in [6.07, 6.45) is 0. The minimum atomic E-state index is -0.496. The maximum Gasteiger partial charge on any atom is 0.131 e. The minimum absolute atomic E-state index is 0.353. The van der Waals surface area contributed by atoms with Crippen molar-refractivity contribution in [3.63, 3.8) is 0 Å². The van der Waals surface area contributed by atoms with Crippen LogP contribution in [0, 0.1) is 9.39 Å². The molecule has 0 saturated carbocycles. The van der Waals surface area contributed by atoms with Crippen molar-refractivity contribution in [3.8, 4) is 5.75 Å². The van der Waals surface area contributed by atoms with Crippen molar-refractivity contribution in [1.29, 1.82) is 0 Å². The van der Waals surface area contributed by atoms with Gasteiger partial charge in [0.05, 0.1) is 12.5 Å². The quantitative estimate of drug-likeness (QED) is 0.554. The average Bonchev–Trinajstić information content (AvgIpc) is 2.38. The van der Waals surface area contributed by atoms with Crippen LogP contribution in [0.3, 0.4) is 0 Å². The highest BCUT2D eigenvalue weighted by molar-refractivity contribution is 14.1. The SMILES string of the molecule is COc1ccc(C(Cl)c2ccccc2I)c(F)c1. The topological polar surface area (TPSA) is 9.23 Å². The second kappa shape index (κ2) is 5.89. The summed E-state index contributed by atoms with van der Waals surface area (Å²) >= 11 is 8.55. The second-order valence-electron chi connectivity index (χ2n) is 3.77. The molecule has 0 aromatic heterocycles. The van der Waals surface area contributed by atoms with E-state index in [4.69, 9.17) is 16.3 Å². The number of hydrogen-bond donors (Lipinski definition) is 0. The van der Waals surface area contributed by atoms with Gasteiger partial charge in [0.1, 0.15) is 11.6 Å². The van der Waals surface area contributed by atoms with Crippen LogP contribution in [0.4, 0.5) is 4.39 Å². The van der Waals surface area contributed by atoms with Gasteiger partial charge in [-0.15, -0.1) is 11.6 Å². The minimum Gasteiger partial charge on any atom is -0.497 e. The highest BCUT2D eigenvalue weighted by Crippen LogP contribution is 2.34. The Morgan fingerprint density at radius 2 is 1.89 bits per heavy atom. The van der Waals surface area contributed by atoms with Gasteiger partial charge in [0.15, 0.2) is 0 Å². The first-order valence-electron chi connectivity index (χ1n) is 5.35. The molecule has 0 aliphatic heterocycles. The highest BCUT2D eigenvalue weighted by Gasteiger charge is 2.17. The molecular weight excluding hydrogens is 366 g/mol. The van der Waals surface area contributed by atoms with Crippen LogP contribution in [0.5, 0.6) is 5.75 Å². The van der Waals surface area contributed by atoms with Gasteiger partial charge in [0.2, 0.25) is 0 Å². The van der Waals surface area contributed by atoms with Crippen molar-refractivity contribution >= 4 is 34.2 Å². The van der Waals surface area contributed by atoms with E-state index in [1.54, 1.807) is 12.1 Å². The van der Waals surface area contributed by atoms with E-state index >= 15 is 0 Å². The fourth-order valence-electron chi connectivity index (χ4n) is 1.69. The molecule has 2 aromatic carbocycles. The van der Waals surface area contributed by atoms with Gasteiger partial charge in [-0.3, -0.25) is 0 Å². The third-order valence-electron chi connectivity index (χ3n) is 2.66. The van der Waals surface area contributed by atoms with Gasteiger partial charge >= 0.3 is 0 Å². The fourth-order valence-corrected chi connectivity index (χ4v) is 2.94. The lowest BCUT2D eigenvalue weighted by molar-refractivity contribution is 0.410. The van der Waals surface area contributed by atoms with Crippen LogP contribution in [-0.4, -0.2) is 7.11 Å². The monoisotopic (exact) mass is 376 g/mol. The van der Waals surface area contributed by atoms with Crippen molar-refractivity contribution in [2.45, 2.75) is 5.38 Å². The first-order chi connectivity index (χ1) is 8.63. The summed E-state index contributed by atoms with van der Waals surface area (Å²) in [5.41, 5.74) is 1.37. The normalized spacial score (nSPS) is 12.2. The van der Waals surface area contributed by atoms with Gasteiger partial charge in [-0.05, 0) is 40.3 Å². The lowest BCUT2D eigenvalue weighted by Crippen LogP contribution is -1.99. The van der Waals surface area contributed by atoms with Gasteiger partial charge in [-0.2, -0.15) is 0 Å². The predicted molar refractivity (Wildman–Crippen MR) is 79.8 cm³/mol. The molecule has 0 amide bonds.